The average molecular weight is 296 g/mol. The molecule has 2 aromatic carbocycles. The number of aryl methyl sites for hydroxylation is 3. The van der Waals surface area contributed by atoms with Crippen LogP contribution < -0.4 is 10.9 Å². The van der Waals surface area contributed by atoms with Gasteiger partial charge >= 0.3 is 0 Å². The summed E-state index contributed by atoms with van der Waals surface area (Å²) in [6.45, 7) is 5.77. The Bertz CT molecular complexity index is 670. The maximum absolute atomic E-state index is 12.2. The number of hydrazine groups is 1. The molecule has 0 aliphatic rings. The predicted molar refractivity (Wildman–Crippen MR) is 86.4 cm³/mol. The molecule has 2 aromatic rings. The molecule has 2 rings (SSSR count). The fourth-order valence-electron chi connectivity index (χ4n) is 2.55. The number of carbonyl (C=O) groups excluding carboxylic acids is 2. The molecular weight excluding hydrogens is 276 g/mol. The minimum absolute atomic E-state index is 0.229. The third-order valence-corrected chi connectivity index (χ3v) is 3.43. The molecule has 0 heterocycles. The van der Waals surface area contributed by atoms with Crippen LogP contribution in [-0.2, 0) is 11.2 Å². The van der Waals surface area contributed by atoms with Crippen LogP contribution in [0.4, 0.5) is 0 Å². The molecule has 22 heavy (non-hydrogen) atoms. The van der Waals surface area contributed by atoms with Crippen molar-refractivity contribution in [2.24, 2.45) is 0 Å². The van der Waals surface area contributed by atoms with E-state index < -0.39 is 0 Å². The number of benzene rings is 2. The van der Waals surface area contributed by atoms with E-state index in [0.29, 0.717) is 5.56 Å². The van der Waals surface area contributed by atoms with Crippen LogP contribution in [0, 0.1) is 20.8 Å². The zero-order valence-corrected chi connectivity index (χ0v) is 13.1. The van der Waals surface area contributed by atoms with Crippen molar-refractivity contribution in [3.63, 3.8) is 0 Å². The zero-order chi connectivity index (χ0) is 16.1. The highest BCUT2D eigenvalue weighted by molar-refractivity contribution is 5.98. The van der Waals surface area contributed by atoms with Crippen molar-refractivity contribution in [2.45, 2.75) is 27.2 Å². The Labute approximate surface area is 130 Å². The Hall–Kier alpha value is -2.62. The summed E-state index contributed by atoms with van der Waals surface area (Å²) in [7, 11) is 0. The molecular formula is C18H20N2O2. The van der Waals surface area contributed by atoms with Gasteiger partial charge in [0.15, 0.2) is 0 Å². The van der Waals surface area contributed by atoms with Gasteiger partial charge in [0.1, 0.15) is 0 Å². The first-order chi connectivity index (χ1) is 10.5. The van der Waals surface area contributed by atoms with Gasteiger partial charge in [0.05, 0.1) is 6.42 Å². The van der Waals surface area contributed by atoms with Gasteiger partial charge in [0.25, 0.3) is 5.91 Å². The standard InChI is InChI=1S/C18H20N2O2/c1-12-9-13(2)17(14(3)10-12)18(22)20-19-16(21)11-15-7-5-4-6-8-15/h4-10H,11H2,1-3H3,(H,19,21)(H,20,22). The summed E-state index contributed by atoms with van der Waals surface area (Å²) in [4.78, 5) is 24.1. The van der Waals surface area contributed by atoms with E-state index in [-0.39, 0.29) is 18.2 Å². The van der Waals surface area contributed by atoms with Crippen molar-refractivity contribution in [3.05, 3.63) is 70.3 Å². The van der Waals surface area contributed by atoms with Gasteiger partial charge in [-0.05, 0) is 37.5 Å². The van der Waals surface area contributed by atoms with Crippen LogP contribution in [-0.4, -0.2) is 11.8 Å². The van der Waals surface area contributed by atoms with E-state index in [9.17, 15) is 9.59 Å². The second-order valence-corrected chi connectivity index (χ2v) is 5.44. The molecule has 0 aromatic heterocycles. The molecule has 0 atom stereocenters. The van der Waals surface area contributed by atoms with Crippen molar-refractivity contribution >= 4 is 11.8 Å². The van der Waals surface area contributed by atoms with Gasteiger partial charge in [-0.25, -0.2) is 0 Å². The smallest absolute Gasteiger partial charge is 0.270 e. The molecule has 0 radical (unpaired) electrons. The van der Waals surface area contributed by atoms with Crippen molar-refractivity contribution in [3.8, 4) is 0 Å². The summed E-state index contributed by atoms with van der Waals surface area (Å²) in [5.74, 6) is -0.543. The molecule has 4 heteroatoms. The number of hydrogen-bond acceptors (Lipinski definition) is 2. The van der Waals surface area contributed by atoms with Gasteiger partial charge in [0.2, 0.25) is 5.91 Å². The van der Waals surface area contributed by atoms with Crippen molar-refractivity contribution in [1.29, 1.82) is 0 Å². The lowest BCUT2D eigenvalue weighted by Crippen LogP contribution is -2.42. The van der Waals surface area contributed by atoms with Crippen LogP contribution in [0.15, 0.2) is 42.5 Å². The summed E-state index contributed by atoms with van der Waals surface area (Å²) in [6, 6.07) is 13.3. The fraction of sp³-hybridized carbons (Fsp3) is 0.222. The Balaban J connectivity index is 1.97. The minimum Gasteiger partial charge on any atom is -0.273 e. The lowest BCUT2D eigenvalue weighted by molar-refractivity contribution is -0.121. The molecule has 0 unspecified atom stereocenters. The molecule has 4 nitrogen and oxygen atoms in total. The Kier molecular flexibility index (Phi) is 4.94. The van der Waals surface area contributed by atoms with Gasteiger partial charge in [-0.2, -0.15) is 0 Å². The summed E-state index contributed by atoms with van der Waals surface area (Å²) in [6.07, 6.45) is 0.229. The average Bonchev–Trinajstić information content (AvgIpc) is 2.45. The SMILES string of the molecule is Cc1cc(C)c(C(=O)NNC(=O)Cc2ccccc2)c(C)c1. The first kappa shape index (κ1) is 15.8. The highest BCUT2D eigenvalue weighted by atomic mass is 16.2. The second-order valence-electron chi connectivity index (χ2n) is 5.44. The quantitative estimate of drug-likeness (QED) is 0.855. The third-order valence-electron chi connectivity index (χ3n) is 3.43. The van der Waals surface area contributed by atoms with Crippen LogP contribution in [0.5, 0.6) is 0 Å². The lowest BCUT2D eigenvalue weighted by Gasteiger charge is -2.12. The lowest BCUT2D eigenvalue weighted by atomic mass is 9.99. The van der Waals surface area contributed by atoms with E-state index in [1.165, 1.54) is 0 Å². The van der Waals surface area contributed by atoms with Crippen LogP contribution >= 0.6 is 0 Å². The molecule has 0 aliphatic carbocycles. The number of carbonyl (C=O) groups is 2. The Morgan fingerprint density at radius 3 is 2.09 bits per heavy atom. The van der Waals surface area contributed by atoms with Gasteiger partial charge in [-0.3, -0.25) is 20.4 Å². The highest BCUT2D eigenvalue weighted by Gasteiger charge is 2.13. The van der Waals surface area contributed by atoms with E-state index >= 15 is 0 Å². The minimum atomic E-state index is -0.295. The van der Waals surface area contributed by atoms with Crippen LogP contribution in [0.3, 0.4) is 0 Å². The predicted octanol–water partition coefficient (Wildman–Crippen LogP) is 2.62. The van der Waals surface area contributed by atoms with Crippen molar-refractivity contribution in [1.82, 2.24) is 10.9 Å². The topological polar surface area (TPSA) is 58.2 Å². The number of rotatable bonds is 3. The molecule has 0 saturated carbocycles. The first-order valence-corrected chi connectivity index (χ1v) is 7.18. The van der Waals surface area contributed by atoms with Gasteiger partial charge in [-0.15, -0.1) is 0 Å². The molecule has 0 fully saturated rings. The maximum Gasteiger partial charge on any atom is 0.270 e. The van der Waals surface area contributed by atoms with E-state index in [0.717, 1.165) is 22.3 Å². The monoisotopic (exact) mass is 296 g/mol. The highest BCUT2D eigenvalue weighted by Crippen LogP contribution is 2.15. The maximum atomic E-state index is 12.2. The molecule has 2 amide bonds. The van der Waals surface area contributed by atoms with E-state index in [4.69, 9.17) is 0 Å². The molecule has 2 N–H and O–H groups in total. The van der Waals surface area contributed by atoms with E-state index in [2.05, 4.69) is 10.9 Å². The van der Waals surface area contributed by atoms with Crippen molar-refractivity contribution < 1.29 is 9.59 Å². The molecule has 0 saturated heterocycles. The molecule has 0 bridgehead atoms. The number of hydrogen-bond donors (Lipinski definition) is 2. The molecule has 0 spiro atoms. The van der Waals surface area contributed by atoms with E-state index in [1.54, 1.807) is 0 Å². The summed E-state index contributed by atoms with van der Waals surface area (Å²) in [5, 5.41) is 0. The fourth-order valence-corrected chi connectivity index (χ4v) is 2.55. The summed E-state index contributed by atoms with van der Waals surface area (Å²) >= 11 is 0. The second kappa shape index (κ2) is 6.89. The van der Waals surface area contributed by atoms with Gasteiger partial charge in [-0.1, -0.05) is 48.0 Å². The van der Waals surface area contributed by atoms with Crippen LogP contribution in [0.2, 0.25) is 0 Å². The zero-order valence-electron chi connectivity index (χ0n) is 13.1. The Morgan fingerprint density at radius 1 is 0.909 bits per heavy atom. The third kappa shape index (κ3) is 3.95. The Morgan fingerprint density at radius 2 is 1.50 bits per heavy atom. The van der Waals surface area contributed by atoms with Gasteiger partial charge < -0.3 is 0 Å². The van der Waals surface area contributed by atoms with Gasteiger partial charge in [0, 0.05) is 5.56 Å². The summed E-state index contributed by atoms with van der Waals surface area (Å²) in [5.41, 5.74) is 9.35. The number of nitrogens with one attached hydrogen (secondary N) is 2. The molecule has 0 aliphatic heterocycles. The van der Waals surface area contributed by atoms with Crippen molar-refractivity contribution in [2.75, 3.05) is 0 Å². The normalized spacial score (nSPS) is 10.1. The molecule has 114 valence electrons. The number of amides is 2. The first-order valence-electron chi connectivity index (χ1n) is 7.18. The largest absolute Gasteiger partial charge is 0.273 e. The van der Waals surface area contributed by atoms with Crippen LogP contribution in [0.1, 0.15) is 32.6 Å². The summed E-state index contributed by atoms with van der Waals surface area (Å²) < 4.78 is 0. The van der Waals surface area contributed by atoms with Crippen LogP contribution in [0.25, 0.3) is 0 Å². The van der Waals surface area contributed by atoms with E-state index in [1.807, 2.05) is 63.2 Å².